The number of carbonyl (C=O) groups excluding carboxylic acids is 2. The predicted octanol–water partition coefficient (Wildman–Crippen LogP) is 3.06. The van der Waals surface area contributed by atoms with E-state index in [4.69, 9.17) is 13.6 Å². The van der Waals surface area contributed by atoms with E-state index in [0.717, 1.165) is 0 Å². The van der Waals surface area contributed by atoms with Crippen LogP contribution in [-0.4, -0.2) is 29.9 Å². The van der Waals surface area contributed by atoms with E-state index in [0.29, 0.717) is 40.6 Å². The second-order valence-corrected chi connectivity index (χ2v) is 7.87. The highest BCUT2D eigenvalue weighted by molar-refractivity contribution is 8.14. The first-order valence-corrected chi connectivity index (χ1v) is 10.1. The fraction of sp³-hybridized carbons (Fsp3) is 0.286. The molecule has 8 heteroatoms. The molecule has 0 aliphatic carbocycles. The van der Waals surface area contributed by atoms with Crippen molar-refractivity contribution >= 4 is 34.0 Å². The van der Waals surface area contributed by atoms with Gasteiger partial charge in [-0.05, 0) is 37.6 Å². The van der Waals surface area contributed by atoms with Gasteiger partial charge in [-0.3, -0.25) is 14.4 Å². The van der Waals surface area contributed by atoms with E-state index in [1.807, 2.05) is 0 Å². The number of fused-ring (bicyclic) bond motifs is 1. The first-order valence-electron chi connectivity index (χ1n) is 9.13. The second kappa shape index (κ2) is 7.79. The Morgan fingerprint density at radius 3 is 2.62 bits per heavy atom. The molecule has 1 atom stereocenters. The molecule has 1 fully saturated rings. The number of nitrogens with one attached hydrogen (secondary N) is 1. The van der Waals surface area contributed by atoms with Gasteiger partial charge in [-0.15, -0.1) is 0 Å². The van der Waals surface area contributed by atoms with Gasteiger partial charge in [0.2, 0.25) is 22.0 Å². The van der Waals surface area contributed by atoms with Crippen LogP contribution in [0.3, 0.4) is 0 Å². The highest BCUT2D eigenvalue weighted by atomic mass is 32.2. The highest BCUT2D eigenvalue weighted by Crippen LogP contribution is 2.34. The molecule has 4 rings (SSSR count). The third kappa shape index (κ3) is 3.80. The Bertz CT molecular complexity index is 1140. The third-order valence-corrected chi connectivity index (χ3v) is 5.75. The molecule has 0 bridgehead atoms. The molecule has 3 aromatic rings. The number of rotatable bonds is 5. The normalized spacial score (nSPS) is 16.3. The van der Waals surface area contributed by atoms with Crippen molar-refractivity contribution in [2.45, 2.75) is 25.8 Å². The van der Waals surface area contributed by atoms with Crippen molar-refractivity contribution in [1.29, 1.82) is 0 Å². The number of aryl methyl sites for hydroxylation is 1. The first kappa shape index (κ1) is 19.3. The number of thioether (sulfide) groups is 1. The number of ether oxygens (including phenoxy) is 1. The van der Waals surface area contributed by atoms with Crippen molar-refractivity contribution in [3.05, 3.63) is 51.9 Å². The van der Waals surface area contributed by atoms with Crippen LogP contribution in [-0.2, 0) is 16.0 Å². The minimum absolute atomic E-state index is 0.0341. The first-order chi connectivity index (χ1) is 14.0. The molecule has 7 nitrogen and oxygen atoms in total. The molecular weight excluding hydrogens is 394 g/mol. The molecular formula is C21H19NO6S. The van der Waals surface area contributed by atoms with Crippen molar-refractivity contribution in [2.75, 3.05) is 12.9 Å². The second-order valence-electron chi connectivity index (χ2n) is 6.77. The number of hydrogen-bond acceptors (Lipinski definition) is 7. The summed E-state index contributed by atoms with van der Waals surface area (Å²) in [6.07, 6.45) is 0.538. The molecule has 1 aromatic carbocycles. The third-order valence-electron chi connectivity index (χ3n) is 4.74. The van der Waals surface area contributed by atoms with Crippen molar-refractivity contribution in [3.8, 4) is 17.1 Å². The fourth-order valence-corrected chi connectivity index (χ4v) is 4.26. The van der Waals surface area contributed by atoms with Crippen molar-refractivity contribution < 1.29 is 23.2 Å². The van der Waals surface area contributed by atoms with Crippen LogP contribution in [0.5, 0.6) is 5.75 Å². The van der Waals surface area contributed by atoms with E-state index in [1.165, 1.54) is 17.8 Å². The summed E-state index contributed by atoms with van der Waals surface area (Å²) >= 11 is 1.22. The van der Waals surface area contributed by atoms with E-state index in [9.17, 15) is 14.4 Å². The topological polar surface area (TPSA) is 98.8 Å². The van der Waals surface area contributed by atoms with Crippen molar-refractivity contribution in [2.24, 2.45) is 0 Å². The molecule has 1 saturated heterocycles. The Morgan fingerprint density at radius 2 is 1.97 bits per heavy atom. The molecule has 3 heterocycles. The predicted molar refractivity (Wildman–Crippen MR) is 109 cm³/mol. The summed E-state index contributed by atoms with van der Waals surface area (Å²) in [5, 5.41) is 2.73. The van der Waals surface area contributed by atoms with Gasteiger partial charge in [0.25, 0.3) is 0 Å². The summed E-state index contributed by atoms with van der Waals surface area (Å²) < 4.78 is 16.8. The minimum Gasteiger partial charge on any atom is -0.497 e. The van der Waals surface area contributed by atoms with E-state index in [-0.39, 0.29) is 34.0 Å². The van der Waals surface area contributed by atoms with Crippen LogP contribution in [0.15, 0.2) is 44.0 Å². The average molecular weight is 413 g/mol. The van der Waals surface area contributed by atoms with Gasteiger partial charge in [-0.1, -0.05) is 11.8 Å². The van der Waals surface area contributed by atoms with Gasteiger partial charge in [0.15, 0.2) is 5.58 Å². The molecule has 1 amide bonds. The molecule has 1 N–H and O–H groups in total. The molecule has 0 saturated carbocycles. The zero-order valence-corrected chi connectivity index (χ0v) is 16.8. The number of hydrogen-bond donors (Lipinski definition) is 1. The minimum atomic E-state index is -0.483. The number of furan rings is 1. The maximum Gasteiger partial charge on any atom is 0.228 e. The van der Waals surface area contributed by atoms with Crippen LogP contribution in [0.25, 0.3) is 22.5 Å². The highest BCUT2D eigenvalue weighted by Gasteiger charge is 2.28. The summed E-state index contributed by atoms with van der Waals surface area (Å²) in [6, 6.07) is 7.97. The van der Waals surface area contributed by atoms with Crippen molar-refractivity contribution in [1.82, 2.24) is 5.32 Å². The lowest BCUT2D eigenvalue weighted by Crippen LogP contribution is -2.38. The Morgan fingerprint density at radius 1 is 1.21 bits per heavy atom. The van der Waals surface area contributed by atoms with Gasteiger partial charge in [-0.25, -0.2) is 0 Å². The quantitative estimate of drug-likeness (QED) is 0.686. The van der Waals surface area contributed by atoms with Gasteiger partial charge >= 0.3 is 0 Å². The van der Waals surface area contributed by atoms with Crippen LogP contribution < -0.4 is 15.5 Å². The lowest BCUT2D eigenvalue weighted by Gasteiger charge is -2.10. The zero-order chi connectivity index (χ0) is 20.5. The summed E-state index contributed by atoms with van der Waals surface area (Å²) in [5.41, 5.74) is 1.17. The molecule has 0 radical (unpaired) electrons. The summed E-state index contributed by atoms with van der Waals surface area (Å²) in [5.74, 6) is 1.85. The lowest BCUT2D eigenvalue weighted by molar-refractivity contribution is -0.124. The molecule has 1 aliphatic heterocycles. The Hall–Kier alpha value is -3.00. The van der Waals surface area contributed by atoms with E-state index >= 15 is 0 Å². The van der Waals surface area contributed by atoms with Crippen LogP contribution in [0.1, 0.15) is 17.7 Å². The van der Waals surface area contributed by atoms with Crippen LogP contribution in [0.4, 0.5) is 0 Å². The van der Waals surface area contributed by atoms with Gasteiger partial charge < -0.3 is 18.9 Å². The van der Waals surface area contributed by atoms with Crippen LogP contribution >= 0.6 is 11.8 Å². The summed E-state index contributed by atoms with van der Waals surface area (Å²) in [6.45, 7) is 1.67. The smallest absolute Gasteiger partial charge is 0.228 e. The molecule has 29 heavy (non-hydrogen) atoms. The monoisotopic (exact) mass is 413 g/mol. The molecule has 150 valence electrons. The SMILES string of the molecule is COc1ccc(-c2oc3c(=O)cc(C)oc3c2CC(=O)N[C@H]2CCSC2=O)cc1. The van der Waals surface area contributed by atoms with E-state index < -0.39 is 6.04 Å². The number of amides is 1. The van der Waals surface area contributed by atoms with Gasteiger partial charge in [0.1, 0.15) is 17.3 Å². The number of methoxy groups -OCH3 is 1. The average Bonchev–Trinajstić information content (AvgIpc) is 3.26. The van der Waals surface area contributed by atoms with Gasteiger partial charge in [-0.2, -0.15) is 0 Å². The Balaban J connectivity index is 1.76. The van der Waals surface area contributed by atoms with E-state index in [1.54, 1.807) is 38.3 Å². The van der Waals surface area contributed by atoms with Gasteiger partial charge in [0.05, 0.1) is 25.1 Å². The number of benzene rings is 1. The van der Waals surface area contributed by atoms with Crippen molar-refractivity contribution in [3.63, 3.8) is 0 Å². The Kier molecular flexibility index (Phi) is 5.19. The summed E-state index contributed by atoms with van der Waals surface area (Å²) in [4.78, 5) is 36.9. The van der Waals surface area contributed by atoms with E-state index in [2.05, 4.69) is 5.32 Å². The zero-order valence-electron chi connectivity index (χ0n) is 15.9. The molecule has 0 spiro atoms. The number of carbonyl (C=O) groups is 2. The Labute approximate surface area is 170 Å². The summed E-state index contributed by atoms with van der Waals surface area (Å²) in [7, 11) is 1.57. The van der Waals surface area contributed by atoms with Crippen LogP contribution in [0, 0.1) is 6.92 Å². The fourth-order valence-electron chi connectivity index (χ4n) is 3.33. The molecule has 0 unspecified atom stereocenters. The maximum atomic E-state index is 12.7. The standard InChI is InChI=1S/C21H19NO6S/c1-11-9-16(23)20-19(27-11)14(10-17(24)22-15-7-8-29-21(15)25)18(28-20)12-3-5-13(26-2)6-4-12/h3-6,9,15H,7-8,10H2,1-2H3,(H,22,24)/t15-/m0/s1. The molecule has 2 aromatic heterocycles. The lowest BCUT2D eigenvalue weighted by atomic mass is 10.0. The van der Waals surface area contributed by atoms with Crippen LogP contribution in [0.2, 0.25) is 0 Å². The van der Waals surface area contributed by atoms with Gasteiger partial charge in [0, 0.05) is 17.4 Å². The maximum absolute atomic E-state index is 12.7. The largest absolute Gasteiger partial charge is 0.497 e. The molecule has 1 aliphatic rings.